The molecule has 2 heterocycles. The first-order valence-electron chi connectivity index (χ1n) is 7.02. The summed E-state index contributed by atoms with van der Waals surface area (Å²) in [6, 6.07) is 5.86. The molecule has 0 aliphatic carbocycles. The molecule has 3 rings (SSSR count). The van der Waals surface area contributed by atoms with E-state index in [9.17, 15) is 0 Å². The number of nitrogens with zero attached hydrogens (tertiary/aromatic N) is 2. The zero-order valence-corrected chi connectivity index (χ0v) is 13.0. The van der Waals surface area contributed by atoms with E-state index >= 15 is 0 Å². The van der Waals surface area contributed by atoms with Crippen molar-refractivity contribution >= 4 is 34.2 Å². The summed E-state index contributed by atoms with van der Waals surface area (Å²) in [5.41, 5.74) is 1.97. The number of aryl methyl sites for hydroxylation is 1. The van der Waals surface area contributed by atoms with Crippen LogP contribution < -0.4 is 0 Å². The van der Waals surface area contributed by atoms with Crippen LogP contribution in [0.3, 0.4) is 0 Å². The van der Waals surface area contributed by atoms with Crippen molar-refractivity contribution in [3.63, 3.8) is 0 Å². The Morgan fingerprint density at radius 1 is 1.45 bits per heavy atom. The van der Waals surface area contributed by atoms with Crippen molar-refractivity contribution in [1.29, 1.82) is 0 Å². The first-order valence-corrected chi connectivity index (χ1v) is 7.93. The van der Waals surface area contributed by atoms with E-state index in [4.69, 9.17) is 27.9 Å². The summed E-state index contributed by atoms with van der Waals surface area (Å²) in [4.78, 5) is 4.68. The lowest BCUT2D eigenvalue weighted by molar-refractivity contribution is 0.102. The van der Waals surface area contributed by atoms with E-state index in [-0.39, 0.29) is 0 Å². The number of benzene rings is 1. The smallest absolute Gasteiger partial charge is 0.111 e. The van der Waals surface area contributed by atoms with Crippen molar-refractivity contribution in [3.8, 4) is 0 Å². The largest absolute Gasteiger partial charge is 0.378 e. The van der Waals surface area contributed by atoms with Gasteiger partial charge in [0.2, 0.25) is 0 Å². The summed E-state index contributed by atoms with van der Waals surface area (Å²) in [6.45, 7) is 3.88. The summed E-state index contributed by atoms with van der Waals surface area (Å²) in [6.07, 6.45) is 2.14. The van der Waals surface area contributed by atoms with Gasteiger partial charge in [-0.2, -0.15) is 0 Å². The third-order valence-corrected chi connectivity index (χ3v) is 4.56. The summed E-state index contributed by atoms with van der Waals surface area (Å²) in [5, 5.41) is 0.752. The van der Waals surface area contributed by atoms with Gasteiger partial charge in [0.25, 0.3) is 0 Å². The maximum absolute atomic E-state index is 6.37. The van der Waals surface area contributed by atoms with Crippen molar-refractivity contribution in [2.24, 2.45) is 5.92 Å². The zero-order chi connectivity index (χ0) is 14.1. The van der Waals surface area contributed by atoms with Crippen LogP contribution in [0.5, 0.6) is 0 Å². The van der Waals surface area contributed by atoms with Crippen LogP contribution in [0.4, 0.5) is 0 Å². The Bertz CT molecular complexity index is 611. The standard InChI is InChI=1S/C15H18Cl2N2O/c1-10-11(6-8-20-10)9-19-14(5-7-16)18-13-4-2-3-12(17)15(13)19/h2-4,10-11H,5-9H2,1H3. The van der Waals surface area contributed by atoms with Gasteiger partial charge < -0.3 is 9.30 Å². The fourth-order valence-corrected chi connectivity index (χ4v) is 3.35. The van der Waals surface area contributed by atoms with Crippen LogP contribution in [0.1, 0.15) is 19.2 Å². The van der Waals surface area contributed by atoms with Gasteiger partial charge in [-0.25, -0.2) is 4.98 Å². The summed E-state index contributed by atoms with van der Waals surface area (Å²) in [7, 11) is 0. The van der Waals surface area contributed by atoms with Crippen LogP contribution in [-0.2, 0) is 17.7 Å². The summed E-state index contributed by atoms with van der Waals surface area (Å²) < 4.78 is 7.90. The fraction of sp³-hybridized carbons (Fsp3) is 0.533. The minimum absolute atomic E-state index is 0.291. The van der Waals surface area contributed by atoms with Gasteiger partial charge in [-0.05, 0) is 25.5 Å². The molecular weight excluding hydrogens is 295 g/mol. The molecule has 2 atom stereocenters. The Morgan fingerprint density at radius 2 is 2.30 bits per heavy atom. The number of ether oxygens (including phenoxy) is 1. The molecule has 1 fully saturated rings. The first-order chi connectivity index (χ1) is 9.70. The highest BCUT2D eigenvalue weighted by molar-refractivity contribution is 6.35. The van der Waals surface area contributed by atoms with Crippen LogP contribution in [0.15, 0.2) is 18.2 Å². The van der Waals surface area contributed by atoms with Gasteiger partial charge >= 0.3 is 0 Å². The van der Waals surface area contributed by atoms with Crippen LogP contribution in [0, 0.1) is 5.92 Å². The van der Waals surface area contributed by atoms with Gasteiger partial charge in [-0.15, -0.1) is 11.6 Å². The van der Waals surface area contributed by atoms with Crippen LogP contribution in [0.25, 0.3) is 11.0 Å². The number of hydrogen-bond donors (Lipinski definition) is 0. The highest BCUT2D eigenvalue weighted by Crippen LogP contribution is 2.29. The fourth-order valence-electron chi connectivity index (χ4n) is 2.91. The Morgan fingerprint density at radius 3 is 3.00 bits per heavy atom. The van der Waals surface area contributed by atoms with Crippen LogP contribution in [0.2, 0.25) is 5.02 Å². The van der Waals surface area contributed by atoms with Crippen LogP contribution >= 0.6 is 23.2 Å². The molecule has 0 bridgehead atoms. The Hall–Kier alpha value is -0.770. The average molecular weight is 313 g/mol. The molecule has 0 radical (unpaired) electrons. The number of aromatic nitrogens is 2. The predicted octanol–water partition coefficient (Wildman–Crippen LogP) is 3.90. The molecule has 0 spiro atoms. The number of fused-ring (bicyclic) bond motifs is 1. The van der Waals surface area contributed by atoms with E-state index in [0.717, 1.165) is 47.9 Å². The quantitative estimate of drug-likeness (QED) is 0.801. The van der Waals surface area contributed by atoms with Crippen LogP contribution in [-0.4, -0.2) is 28.1 Å². The van der Waals surface area contributed by atoms with E-state index in [1.54, 1.807) is 0 Å². The first kappa shape index (κ1) is 14.2. The third kappa shape index (κ3) is 2.54. The number of halogens is 2. The molecule has 0 N–H and O–H groups in total. The molecule has 3 nitrogen and oxygen atoms in total. The lowest BCUT2D eigenvalue weighted by Gasteiger charge is -2.17. The second kappa shape index (κ2) is 5.92. The van der Waals surface area contributed by atoms with E-state index < -0.39 is 0 Å². The molecule has 1 saturated heterocycles. The Kier molecular flexibility index (Phi) is 4.20. The van der Waals surface area contributed by atoms with E-state index in [1.165, 1.54) is 0 Å². The van der Waals surface area contributed by atoms with Crippen molar-refractivity contribution in [2.45, 2.75) is 32.4 Å². The second-order valence-corrected chi connectivity index (χ2v) is 6.10. The third-order valence-electron chi connectivity index (χ3n) is 4.06. The maximum atomic E-state index is 6.37. The number of alkyl halides is 1. The normalized spacial score (nSPS) is 22.8. The number of para-hydroxylation sites is 1. The SMILES string of the molecule is CC1OCCC1Cn1c(CCCl)nc2cccc(Cl)c21. The monoisotopic (exact) mass is 312 g/mol. The van der Waals surface area contributed by atoms with Gasteiger partial charge in [0.1, 0.15) is 5.82 Å². The maximum Gasteiger partial charge on any atom is 0.111 e. The highest BCUT2D eigenvalue weighted by atomic mass is 35.5. The molecule has 1 aromatic carbocycles. The molecule has 5 heteroatoms. The van der Waals surface area contributed by atoms with Crippen molar-refractivity contribution in [2.75, 3.05) is 12.5 Å². The molecule has 1 aliphatic rings. The van der Waals surface area contributed by atoms with Crippen molar-refractivity contribution in [3.05, 3.63) is 29.0 Å². The van der Waals surface area contributed by atoms with Gasteiger partial charge in [0, 0.05) is 31.4 Å². The Labute approximate surface area is 128 Å². The molecular formula is C15H18Cl2N2O. The number of imidazole rings is 1. The molecule has 0 amide bonds. The van der Waals surface area contributed by atoms with Gasteiger partial charge in [0.15, 0.2) is 0 Å². The average Bonchev–Trinajstić information content (AvgIpc) is 2.97. The number of rotatable bonds is 4. The minimum atomic E-state index is 0.291. The lowest BCUT2D eigenvalue weighted by Crippen LogP contribution is -2.19. The van der Waals surface area contributed by atoms with Gasteiger partial charge in [-0.3, -0.25) is 0 Å². The predicted molar refractivity (Wildman–Crippen MR) is 82.7 cm³/mol. The molecule has 20 heavy (non-hydrogen) atoms. The molecule has 2 aromatic rings. The van der Waals surface area contributed by atoms with Gasteiger partial charge in [0.05, 0.1) is 22.2 Å². The van der Waals surface area contributed by atoms with E-state index in [1.807, 2.05) is 18.2 Å². The van der Waals surface area contributed by atoms with Crippen molar-refractivity contribution in [1.82, 2.24) is 9.55 Å². The lowest BCUT2D eigenvalue weighted by atomic mass is 10.0. The summed E-state index contributed by atoms with van der Waals surface area (Å²) >= 11 is 12.3. The highest BCUT2D eigenvalue weighted by Gasteiger charge is 2.26. The van der Waals surface area contributed by atoms with Gasteiger partial charge in [-0.1, -0.05) is 17.7 Å². The molecule has 2 unspecified atom stereocenters. The minimum Gasteiger partial charge on any atom is -0.378 e. The zero-order valence-electron chi connectivity index (χ0n) is 11.5. The number of hydrogen-bond acceptors (Lipinski definition) is 2. The second-order valence-electron chi connectivity index (χ2n) is 5.31. The van der Waals surface area contributed by atoms with E-state index in [0.29, 0.717) is 17.9 Å². The molecule has 0 saturated carbocycles. The topological polar surface area (TPSA) is 27.1 Å². The Balaban J connectivity index is 2.03. The molecule has 108 valence electrons. The van der Waals surface area contributed by atoms with Crippen molar-refractivity contribution < 1.29 is 4.74 Å². The summed E-state index contributed by atoms with van der Waals surface area (Å²) in [5.74, 6) is 2.09. The van der Waals surface area contributed by atoms with E-state index in [2.05, 4.69) is 16.5 Å². The molecule has 1 aliphatic heterocycles. The molecule has 1 aromatic heterocycles.